The van der Waals surface area contributed by atoms with Crippen molar-refractivity contribution >= 4 is 5.96 Å². The Hall–Kier alpha value is -1.75. The largest absolute Gasteiger partial charge is 0.493 e. The SMILES string of the molecule is CN=C(NCC1CCOc2ccccc21)NC1CCN(C2CC2)C1. The van der Waals surface area contributed by atoms with Crippen molar-refractivity contribution in [1.29, 1.82) is 0 Å². The fourth-order valence-corrected chi connectivity index (χ4v) is 3.91. The summed E-state index contributed by atoms with van der Waals surface area (Å²) in [5, 5.41) is 7.14. The van der Waals surface area contributed by atoms with Gasteiger partial charge in [-0.2, -0.15) is 0 Å². The van der Waals surface area contributed by atoms with Gasteiger partial charge >= 0.3 is 0 Å². The Labute approximate surface area is 144 Å². The van der Waals surface area contributed by atoms with Crippen LogP contribution in [-0.4, -0.2) is 56.2 Å². The molecule has 1 aliphatic carbocycles. The molecule has 2 N–H and O–H groups in total. The Bertz CT molecular complexity index is 599. The molecule has 2 fully saturated rings. The second kappa shape index (κ2) is 7.01. The van der Waals surface area contributed by atoms with E-state index in [1.165, 1.54) is 31.4 Å². The molecule has 5 heteroatoms. The predicted molar refractivity (Wildman–Crippen MR) is 96.8 cm³/mol. The lowest BCUT2D eigenvalue weighted by Crippen LogP contribution is -2.46. The minimum Gasteiger partial charge on any atom is -0.493 e. The zero-order valence-corrected chi connectivity index (χ0v) is 14.5. The van der Waals surface area contributed by atoms with Crippen LogP contribution in [0.15, 0.2) is 29.3 Å². The van der Waals surface area contributed by atoms with E-state index >= 15 is 0 Å². The van der Waals surface area contributed by atoms with Crippen molar-refractivity contribution < 1.29 is 4.74 Å². The lowest BCUT2D eigenvalue weighted by atomic mass is 9.93. The Balaban J connectivity index is 1.30. The summed E-state index contributed by atoms with van der Waals surface area (Å²) in [6.07, 6.45) is 5.06. The topological polar surface area (TPSA) is 48.9 Å². The molecule has 0 bridgehead atoms. The van der Waals surface area contributed by atoms with Crippen LogP contribution in [0.5, 0.6) is 5.75 Å². The molecule has 0 spiro atoms. The molecule has 5 nitrogen and oxygen atoms in total. The molecular formula is C19H28N4O. The number of hydrogen-bond acceptors (Lipinski definition) is 3. The van der Waals surface area contributed by atoms with Gasteiger partial charge in [-0.05, 0) is 37.3 Å². The maximum absolute atomic E-state index is 5.76. The fraction of sp³-hybridized carbons (Fsp3) is 0.632. The molecule has 1 aromatic carbocycles. The minimum absolute atomic E-state index is 0.486. The number of fused-ring (bicyclic) bond motifs is 1. The molecule has 3 aliphatic rings. The number of nitrogens with zero attached hydrogens (tertiary/aromatic N) is 2. The summed E-state index contributed by atoms with van der Waals surface area (Å²) in [4.78, 5) is 7.05. The maximum Gasteiger partial charge on any atom is 0.191 e. The first kappa shape index (κ1) is 15.8. The van der Waals surface area contributed by atoms with Crippen molar-refractivity contribution in [3.63, 3.8) is 0 Å². The third-order valence-electron chi connectivity index (χ3n) is 5.45. The molecule has 4 rings (SSSR count). The van der Waals surface area contributed by atoms with Gasteiger partial charge in [-0.1, -0.05) is 18.2 Å². The van der Waals surface area contributed by atoms with Crippen molar-refractivity contribution in [3.8, 4) is 5.75 Å². The molecule has 2 atom stereocenters. The molecule has 1 aromatic rings. The molecule has 130 valence electrons. The first-order chi connectivity index (χ1) is 11.8. The Morgan fingerprint density at radius 2 is 2.12 bits per heavy atom. The van der Waals surface area contributed by atoms with E-state index in [9.17, 15) is 0 Å². The number of ether oxygens (including phenoxy) is 1. The molecule has 1 saturated carbocycles. The molecular weight excluding hydrogens is 300 g/mol. The average molecular weight is 328 g/mol. The summed E-state index contributed by atoms with van der Waals surface area (Å²) in [6, 6.07) is 9.78. The van der Waals surface area contributed by atoms with E-state index in [2.05, 4.69) is 38.7 Å². The van der Waals surface area contributed by atoms with Crippen LogP contribution in [0.4, 0.5) is 0 Å². The first-order valence-corrected chi connectivity index (χ1v) is 9.26. The van der Waals surface area contributed by atoms with Crippen LogP contribution in [0.25, 0.3) is 0 Å². The van der Waals surface area contributed by atoms with E-state index in [1.807, 2.05) is 13.1 Å². The molecule has 0 amide bonds. The highest BCUT2D eigenvalue weighted by Crippen LogP contribution is 2.33. The molecule has 0 radical (unpaired) electrons. The normalized spacial score (nSPS) is 27.5. The Morgan fingerprint density at radius 3 is 2.96 bits per heavy atom. The number of guanidine groups is 1. The molecule has 24 heavy (non-hydrogen) atoms. The number of para-hydroxylation sites is 1. The summed E-state index contributed by atoms with van der Waals surface area (Å²) in [5.41, 5.74) is 1.31. The van der Waals surface area contributed by atoms with Crippen molar-refractivity contribution in [2.75, 3.05) is 33.3 Å². The number of nitrogens with one attached hydrogen (secondary N) is 2. The zero-order valence-electron chi connectivity index (χ0n) is 14.5. The lowest BCUT2D eigenvalue weighted by molar-refractivity contribution is 0.267. The highest BCUT2D eigenvalue weighted by Gasteiger charge is 2.34. The van der Waals surface area contributed by atoms with Crippen LogP contribution >= 0.6 is 0 Å². The number of likely N-dealkylation sites (tertiary alicyclic amines) is 1. The fourth-order valence-electron chi connectivity index (χ4n) is 3.91. The van der Waals surface area contributed by atoms with E-state index < -0.39 is 0 Å². The van der Waals surface area contributed by atoms with E-state index in [4.69, 9.17) is 4.74 Å². The van der Waals surface area contributed by atoms with E-state index in [0.717, 1.165) is 43.9 Å². The van der Waals surface area contributed by atoms with Crippen LogP contribution < -0.4 is 15.4 Å². The van der Waals surface area contributed by atoms with Crippen molar-refractivity contribution in [1.82, 2.24) is 15.5 Å². The molecule has 2 aliphatic heterocycles. The summed E-state index contributed by atoms with van der Waals surface area (Å²) in [6.45, 7) is 4.09. The summed E-state index contributed by atoms with van der Waals surface area (Å²) in [7, 11) is 1.86. The van der Waals surface area contributed by atoms with Gasteiger partial charge in [-0.15, -0.1) is 0 Å². The van der Waals surface area contributed by atoms with Gasteiger partial charge < -0.3 is 15.4 Å². The monoisotopic (exact) mass is 328 g/mol. The number of hydrogen-bond donors (Lipinski definition) is 2. The molecule has 1 saturated heterocycles. The van der Waals surface area contributed by atoms with Crippen LogP contribution in [0.1, 0.15) is 37.2 Å². The van der Waals surface area contributed by atoms with Crippen molar-refractivity contribution in [2.45, 2.75) is 43.7 Å². The van der Waals surface area contributed by atoms with Gasteiger partial charge in [0.2, 0.25) is 0 Å². The molecule has 2 unspecified atom stereocenters. The predicted octanol–water partition coefficient (Wildman–Crippen LogP) is 1.95. The van der Waals surface area contributed by atoms with E-state index in [1.54, 1.807) is 0 Å². The van der Waals surface area contributed by atoms with Crippen LogP contribution in [0.2, 0.25) is 0 Å². The third kappa shape index (κ3) is 3.51. The number of benzene rings is 1. The van der Waals surface area contributed by atoms with Gasteiger partial charge in [0.25, 0.3) is 0 Å². The van der Waals surface area contributed by atoms with Gasteiger partial charge in [-0.3, -0.25) is 9.89 Å². The highest BCUT2D eigenvalue weighted by atomic mass is 16.5. The number of rotatable bonds is 4. The first-order valence-electron chi connectivity index (χ1n) is 9.26. The Morgan fingerprint density at radius 1 is 1.25 bits per heavy atom. The lowest BCUT2D eigenvalue weighted by Gasteiger charge is -2.27. The molecule has 0 aromatic heterocycles. The number of aliphatic imine (C=N–C) groups is 1. The Kier molecular flexibility index (Phi) is 4.60. The van der Waals surface area contributed by atoms with Gasteiger partial charge in [0.05, 0.1) is 6.61 Å². The van der Waals surface area contributed by atoms with Crippen LogP contribution in [-0.2, 0) is 0 Å². The second-order valence-electron chi connectivity index (χ2n) is 7.18. The van der Waals surface area contributed by atoms with Crippen LogP contribution in [0, 0.1) is 0 Å². The smallest absolute Gasteiger partial charge is 0.191 e. The maximum atomic E-state index is 5.76. The highest BCUT2D eigenvalue weighted by molar-refractivity contribution is 5.80. The third-order valence-corrected chi connectivity index (χ3v) is 5.45. The van der Waals surface area contributed by atoms with Crippen molar-refractivity contribution in [2.24, 2.45) is 4.99 Å². The minimum atomic E-state index is 0.486. The van der Waals surface area contributed by atoms with E-state index in [-0.39, 0.29) is 0 Å². The van der Waals surface area contributed by atoms with Gasteiger partial charge in [-0.25, -0.2) is 0 Å². The van der Waals surface area contributed by atoms with E-state index in [0.29, 0.717) is 12.0 Å². The zero-order chi connectivity index (χ0) is 16.4. The van der Waals surface area contributed by atoms with Crippen molar-refractivity contribution in [3.05, 3.63) is 29.8 Å². The standard InChI is InChI=1S/C19H28N4O/c1-20-19(22-15-8-10-23(13-15)16-6-7-16)21-12-14-9-11-24-18-5-3-2-4-17(14)18/h2-5,14-16H,6-13H2,1H3,(H2,20,21,22). The average Bonchev–Trinajstić information content (AvgIpc) is 3.38. The quantitative estimate of drug-likeness (QED) is 0.655. The summed E-state index contributed by atoms with van der Waals surface area (Å²) >= 11 is 0. The van der Waals surface area contributed by atoms with Crippen LogP contribution in [0.3, 0.4) is 0 Å². The second-order valence-corrected chi connectivity index (χ2v) is 7.18. The summed E-state index contributed by atoms with van der Waals surface area (Å²) in [5.74, 6) is 2.45. The van der Waals surface area contributed by atoms with Gasteiger partial charge in [0.1, 0.15) is 5.75 Å². The molecule has 2 heterocycles. The van der Waals surface area contributed by atoms with Gasteiger partial charge in [0.15, 0.2) is 5.96 Å². The summed E-state index contributed by atoms with van der Waals surface area (Å²) < 4.78 is 5.76. The van der Waals surface area contributed by atoms with Gasteiger partial charge in [0, 0.05) is 44.7 Å².